The molecule has 0 unspecified atom stereocenters. The highest BCUT2D eigenvalue weighted by atomic mass is 14.2. The lowest BCUT2D eigenvalue weighted by atomic mass is 9.78. The predicted octanol–water partition coefficient (Wildman–Crippen LogP) is 4.56. The number of unbranched alkanes of at least 4 members (excludes halogenated alkanes) is 1. The molecule has 0 bridgehead atoms. The Morgan fingerprint density at radius 2 is 1.83 bits per heavy atom. The Bertz CT molecular complexity index is 140. The molecule has 0 heterocycles. The van der Waals surface area contributed by atoms with E-state index in [1.807, 2.05) is 0 Å². The van der Waals surface area contributed by atoms with Gasteiger partial charge in [0.2, 0.25) is 0 Å². The van der Waals surface area contributed by atoms with E-state index in [0.29, 0.717) is 5.41 Å². The molecule has 0 aromatic rings. The average Bonchev–Trinajstić information content (AvgIpc) is 2.03. The van der Waals surface area contributed by atoms with E-state index in [1.54, 1.807) is 5.57 Å². The van der Waals surface area contributed by atoms with Gasteiger partial charge in [-0.05, 0) is 25.2 Å². The molecule has 0 saturated carbocycles. The number of hydrogen-bond donors (Lipinski definition) is 0. The van der Waals surface area contributed by atoms with Crippen molar-refractivity contribution in [3.05, 3.63) is 11.6 Å². The smallest absolute Gasteiger partial charge is 0.0145 e. The molecule has 0 aliphatic rings. The van der Waals surface area contributed by atoms with E-state index in [-0.39, 0.29) is 0 Å². The van der Waals surface area contributed by atoms with Crippen LogP contribution >= 0.6 is 0 Å². The maximum absolute atomic E-state index is 2.36. The summed E-state index contributed by atoms with van der Waals surface area (Å²) in [5.74, 6) is 0. The first-order chi connectivity index (χ1) is 5.58. The second-order valence-corrected chi connectivity index (χ2v) is 4.15. The van der Waals surface area contributed by atoms with Crippen LogP contribution in [0.2, 0.25) is 0 Å². The Labute approximate surface area is 78.1 Å². The normalized spacial score (nSPS) is 13.6. The highest BCUT2D eigenvalue weighted by Crippen LogP contribution is 2.33. The quantitative estimate of drug-likeness (QED) is 0.528. The molecule has 72 valence electrons. The van der Waals surface area contributed by atoms with Crippen LogP contribution in [-0.4, -0.2) is 0 Å². The zero-order chi connectivity index (χ0) is 9.61. The molecular formula is C12H24. The van der Waals surface area contributed by atoms with Gasteiger partial charge in [0.25, 0.3) is 0 Å². The van der Waals surface area contributed by atoms with E-state index in [0.717, 1.165) is 0 Å². The van der Waals surface area contributed by atoms with Crippen molar-refractivity contribution < 1.29 is 0 Å². The van der Waals surface area contributed by atoms with Crippen LogP contribution in [0.5, 0.6) is 0 Å². The zero-order valence-corrected chi connectivity index (χ0v) is 9.41. The van der Waals surface area contributed by atoms with Crippen molar-refractivity contribution >= 4 is 0 Å². The Morgan fingerprint density at radius 3 is 2.17 bits per heavy atom. The van der Waals surface area contributed by atoms with E-state index in [9.17, 15) is 0 Å². The van der Waals surface area contributed by atoms with Gasteiger partial charge in [0.05, 0.1) is 0 Å². The minimum absolute atomic E-state index is 0.430. The lowest BCUT2D eigenvalue weighted by Crippen LogP contribution is -2.14. The summed E-state index contributed by atoms with van der Waals surface area (Å²) < 4.78 is 0. The van der Waals surface area contributed by atoms with Crippen LogP contribution < -0.4 is 0 Å². The van der Waals surface area contributed by atoms with Gasteiger partial charge < -0.3 is 0 Å². The van der Waals surface area contributed by atoms with Gasteiger partial charge in [0.15, 0.2) is 0 Å². The van der Waals surface area contributed by atoms with Crippen LogP contribution in [0.4, 0.5) is 0 Å². The largest absolute Gasteiger partial charge is 0.0879 e. The van der Waals surface area contributed by atoms with Gasteiger partial charge in [-0.1, -0.05) is 52.2 Å². The summed E-state index contributed by atoms with van der Waals surface area (Å²) in [7, 11) is 0. The molecule has 0 aliphatic carbocycles. The summed E-state index contributed by atoms with van der Waals surface area (Å²) in [6.45, 7) is 11.4. The van der Waals surface area contributed by atoms with Crippen LogP contribution in [0.1, 0.15) is 60.3 Å². The van der Waals surface area contributed by atoms with Gasteiger partial charge in [0.1, 0.15) is 0 Å². The van der Waals surface area contributed by atoms with Crippen molar-refractivity contribution in [2.24, 2.45) is 5.41 Å². The summed E-state index contributed by atoms with van der Waals surface area (Å²) in [5, 5.41) is 0. The summed E-state index contributed by atoms with van der Waals surface area (Å²) in [6.07, 6.45) is 7.48. The van der Waals surface area contributed by atoms with Crippen LogP contribution in [0.25, 0.3) is 0 Å². The molecule has 0 aromatic carbocycles. The second-order valence-electron chi connectivity index (χ2n) is 4.15. The molecule has 0 heteroatoms. The van der Waals surface area contributed by atoms with Crippen LogP contribution in [-0.2, 0) is 0 Å². The molecule has 0 nitrogen and oxygen atoms in total. The SMILES string of the molecule is CC=C(CC)C(C)(C)CCCC. The first-order valence-corrected chi connectivity index (χ1v) is 5.24. The maximum atomic E-state index is 2.36. The van der Waals surface area contributed by atoms with E-state index < -0.39 is 0 Å². The number of allylic oxidation sites excluding steroid dienone is 2. The summed E-state index contributed by atoms with van der Waals surface area (Å²) in [4.78, 5) is 0. The van der Waals surface area contributed by atoms with E-state index >= 15 is 0 Å². The van der Waals surface area contributed by atoms with Crippen molar-refractivity contribution in [2.45, 2.75) is 60.3 Å². The Balaban J connectivity index is 4.16. The van der Waals surface area contributed by atoms with Gasteiger partial charge in [-0.2, -0.15) is 0 Å². The molecule has 0 spiro atoms. The minimum Gasteiger partial charge on any atom is -0.0879 e. The molecule has 12 heavy (non-hydrogen) atoms. The monoisotopic (exact) mass is 168 g/mol. The van der Waals surface area contributed by atoms with Crippen LogP contribution in [0, 0.1) is 5.41 Å². The highest BCUT2D eigenvalue weighted by molar-refractivity contribution is 5.10. The second kappa shape index (κ2) is 5.40. The van der Waals surface area contributed by atoms with E-state index in [2.05, 4.69) is 40.7 Å². The number of hydrogen-bond acceptors (Lipinski definition) is 0. The molecule has 0 fully saturated rings. The van der Waals surface area contributed by atoms with Crippen LogP contribution in [0.15, 0.2) is 11.6 Å². The first-order valence-electron chi connectivity index (χ1n) is 5.24. The van der Waals surface area contributed by atoms with E-state index in [1.165, 1.54) is 25.7 Å². The third kappa shape index (κ3) is 3.42. The van der Waals surface area contributed by atoms with Crippen LogP contribution in [0.3, 0.4) is 0 Å². The van der Waals surface area contributed by atoms with Gasteiger partial charge >= 0.3 is 0 Å². The summed E-state index contributed by atoms with van der Waals surface area (Å²) in [5.41, 5.74) is 2.04. The molecule has 0 atom stereocenters. The summed E-state index contributed by atoms with van der Waals surface area (Å²) >= 11 is 0. The van der Waals surface area contributed by atoms with Gasteiger partial charge in [-0.3, -0.25) is 0 Å². The molecular weight excluding hydrogens is 144 g/mol. The average molecular weight is 168 g/mol. The molecule has 0 saturated heterocycles. The highest BCUT2D eigenvalue weighted by Gasteiger charge is 2.19. The lowest BCUT2D eigenvalue weighted by Gasteiger charge is -2.27. The molecule has 0 rings (SSSR count). The fourth-order valence-corrected chi connectivity index (χ4v) is 1.85. The Kier molecular flexibility index (Phi) is 5.28. The fourth-order valence-electron chi connectivity index (χ4n) is 1.85. The standard InChI is InChI=1S/C12H24/c1-6-9-10-12(4,5)11(7-2)8-3/h7H,6,8-10H2,1-5H3. The number of rotatable bonds is 5. The Hall–Kier alpha value is -0.260. The topological polar surface area (TPSA) is 0 Å². The zero-order valence-electron chi connectivity index (χ0n) is 9.41. The van der Waals surface area contributed by atoms with E-state index in [4.69, 9.17) is 0 Å². The first kappa shape index (κ1) is 11.7. The van der Waals surface area contributed by atoms with Gasteiger partial charge in [0, 0.05) is 0 Å². The molecule has 0 N–H and O–H groups in total. The molecule has 0 aliphatic heterocycles. The fraction of sp³-hybridized carbons (Fsp3) is 0.833. The van der Waals surface area contributed by atoms with Gasteiger partial charge in [-0.25, -0.2) is 0 Å². The predicted molar refractivity (Wildman–Crippen MR) is 57.4 cm³/mol. The minimum atomic E-state index is 0.430. The lowest BCUT2D eigenvalue weighted by molar-refractivity contribution is 0.382. The molecule has 0 aromatic heterocycles. The van der Waals surface area contributed by atoms with Crippen molar-refractivity contribution in [3.63, 3.8) is 0 Å². The molecule has 0 amide bonds. The third-order valence-corrected chi connectivity index (χ3v) is 2.75. The molecule has 0 radical (unpaired) electrons. The van der Waals surface area contributed by atoms with Gasteiger partial charge in [-0.15, -0.1) is 0 Å². The third-order valence-electron chi connectivity index (χ3n) is 2.75. The van der Waals surface area contributed by atoms with Crippen molar-refractivity contribution in [1.82, 2.24) is 0 Å². The van der Waals surface area contributed by atoms with Crippen molar-refractivity contribution in [1.29, 1.82) is 0 Å². The summed E-state index contributed by atoms with van der Waals surface area (Å²) in [6, 6.07) is 0. The van der Waals surface area contributed by atoms with Crippen molar-refractivity contribution in [2.75, 3.05) is 0 Å². The Morgan fingerprint density at radius 1 is 1.25 bits per heavy atom. The maximum Gasteiger partial charge on any atom is -0.0145 e. The van der Waals surface area contributed by atoms with Crippen molar-refractivity contribution in [3.8, 4) is 0 Å².